The number of hydrogen-bond donors (Lipinski definition) is 2. The second kappa shape index (κ2) is 9.22. The first-order valence-electron chi connectivity index (χ1n) is 10.0. The molecule has 0 aliphatic carbocycles. The Labute approximate surface area is 181 Å². The van der Waals surface area contributed by atoms with Crippen molar-refractivity contribution in [2.75, 3.05) is 13.7 Å². The fraction of sp³-hybridized carbons (Fsp3) is 0.115. The SMILES string of the molecule is COc1ccc(-c2c(-c3ccc(OC/C=C/c4ccccc4)cc3O)n[nH]c2C)cc1. The summed E-state index contributed by atoms with van der Waals surface area (Å²) in [5, 5.41) is 18.1. The third-order valence-corrected chi connectivity index (χ3v) is 5.01. The fourth-order valence-electron chi connectivity index (χ4n) is 3.43. The van der Waals surface area contributed by atoms with Crippen LogP contribution in [0.1, 0.15) is 11.3 Å². The predicted molar refractivity (Wildman–Crippen MR) is 123 cm³/mol. The molecule has 0 aliphatic rings. The monoisotopic (exact) mass is 412 g/mol. The Morgan fingerprint density at radius 1 is 0.968 bits per heavy atom. The van der Waals surface area contributed by atoms with E-state index in [0.29, 0.717) is 23.6 Å². The lowest BCUT2D eigenvalue weighted by atomic mass is 9.98. The lowest BCUT2D eigenvalue weighted by molar-refractivity contribution is 0.360. The summed E-state index contributed by atoms with van der Waals surface area (Å²) in [5.74, 6) is 1.50. The molecule has 0 bridgehead atoms. The minimum Gasteiger partial charge on any atom is -0.507 e. The molecule has 2 N–H and O–H groups in total. The first-order chi connectivity index (χ1) is 15.2. The number of aryl methyl sites for hydroxylation is 1. The summed E-state index contributed by atoms with van der Waals surface area (Å²) >= 11 is 0. The summed E-state index contributed by atoms with van der Waals surface area (Å²) in [6, 6.07) is 23.1. The smallest absolute Gasteiger partial charge is 0.128 e. The van der Waals surface area contributed by atoms with Gasteiger partial charge in [0.1, 0.15) is 29.5 Å². The second-order valence-corrected chi connectivity index (χ2v) is 7.10. The van der Waals surface area contributed by atoms with E-state index in [4.69, 9.17) is 9.47 Å². The van der Waals surface area contributed by atoms with Crippen LogP contribution in [0.2, 0.25) is 0 Å². The molecule has 4 rings (SSSR count). The predicted octanol–water partition coefficient (Wildman–Crippen LogP) is 5.86. The number of aromatic nitrogens is 2. The number of rotatable bonds is 7. The topological polar surface area (TPSA) is 67.4 Å². The maximum Gasteiger partial charge on any atom is 0.128 e. The molecular weight excluding hydrogens is 388 g/mol. The van der Waals surface area contributed by atoms with Gasteiger partial charge in [0.2, 0.25) is 0 Å². The maximum absolute atomic E-state index is 10.7. The van der Waals surface area contributed by atoms with Crippen molar-refractivity contribution in [3.8, 4) is 39.6 Å². The number of phenols is 1. The Morgan fingerprint density at radius 3 is 2.42 bits per heavy atom. The Balaban J connectivity index is 1.53. The van der Waals surface area contributed by atoms with Gasteiger partial charge >= 0.3 is 0 Å². The van der Waals surface area contributed by atoms with E-state index in [2.05, 4.69) is 10.2 Å². The van der Waals surface area contributed by atoms with Crippen LogP contribution in [-0.4, -0.2) is 29.0 Å². The second-order valence-electron chi connectivity index (χ2n) is 7.10. The van der Waals surface area contributed by atoms with Crippen molar-refractivity contribution >= 4 is 6.08 Å². The number of nitrogens with one attached hydrogen (secondary N) is 1. The lowest BCUT2D eigenvalue weighted by Crippen LogP contribution is -1.94. The van der Waals surface area contributed by atoms with Crippen LogP contribution in [0.15, 0.2) is 78.9 Å². The van der Waals surface area contributed by atoms with Crippen LogP contribution in [0.3, 0.4) is 0 Å². The molecule has 0 aliphatic heterocycles. The highest BCUT2D eigenvalue weighted by atomic mass is 16.5. The van der Waals surface area contributed by atoms with Crippen LogP contribution in [0.5, 0.6) is 17.2 Å². The molecule has 1 heterocycles. The molecule has 156 valence electrons. The van der Waals surface area contributed by atoms with E-state index >= 15 is 0 Å². The van der Waals surface area contributed by atoms with Crippen molar-refractivity contribution in [3.63, 3.8) is 0 Å². The molecule has 0 amide bonds. The minimum atomic E-state index is 0.116. The highest BCUT2D eigenvalue weighted by Crippen LogP contribution is 2.39. The molecule has 4 aromatic rings. The first kappa shape index (κ1) is 20.3. The summed E-state index contributed by atoms with van der Waals surface area (Å²) in [5.41, 5.74) is 5.30. The van der Waals surface area contributed by atoms with Crippen LogP contribution < -0.4 is 9.47 Å². The zero-order valence-corrected chi connectivity index (χ0v) is 17.5. The molecule has 0 fully saturated rings. The Morgan fingerprint density at radius 2 is 1.71 bits per heavy atom. The van der Waals surface area contributed by atoms with Crippen molar-refractivity contribution in [3.05, 3.63) is 90.1 Å². The summed E-state index contributed by atoms with van der Waals surface area (Å²) < 4.78 is 11.0. The summed E-state index contributed by atoms with van der Waals surface area (Å²) in [4.78, 5) is 0. The number of methoxy groups -OCH3 is 1. The van der Waals surface area contributed by atoms with E-state index in [0.717, 1.165) is 28.1 Å². The van der Waals surface area contributed by atoms with E-state index in [1.807, 2.05) is 85.8 Å². The van der Waals surface area contributed by atoms with Crippen molar-refractivity contribution in [1.82, 2.24) is 10.2 Å². The molecular formula is C26H24N2O3. The van der Waals surface area contributed by atoms with Gasteiger partial charge in [-0.05, 0) is 48.4 Å². The molecule has 0 radical (unpaired) electrons. The molecule has 3 aromatic carbocycles. The van der Waals surface area contributed by atoms with Gasteiger partial charge in [0.15, 0.2) is 0 Å². The van der Waals surface area contributed by atoms with Gasteiger partial charge in [-0.2, -0.15) is 5.10 Å². The third kappa shape index (κ3) is 4.61. The lowest BCUT2D eigenvalue weighted by Gasteiger charge is -2.09. The number of benzene rings is 3. The molecule has 0 atom stereocenters. The van der Waals surface area contributed by atoms with E-state index in [1.165, 1.54) is 0 Å². The molecule has 31 heavy (non-hydrogen) atoms. The van der Waals surface area contributed by atoms with Crippen LogP contribution in [-0.2, 0) is 0 Å². The van der Waals surface area contributed by atoms with Crippen LogP contribution >= 0.6 is 0 Å². The highest BCUT2D eigenvalue weighted by Gasteiger charge is 2.17. The Bertz CT molecular complexity index is 1180. The summed E-state index contributed by atoms with van der Waals surface area (Å²) in [6.45, 7) is 2.37. The number of aromatic amines is 1. The van der Waals surface area contributed by atoms with Gasteiger partial charge in [-0.25, -0.2) is 0 Å². The molecule has 5 nitrogen and oxygen atoms in total. The number of phenolic OH excluding ortho intramolecular Hbond substituents is 1. The maximum atomic E-state index is 10.7. The van der Waals surface area contributed by atoms with Gasteiger partial charge in [-0.15, -0.1) is 0 Å². The number of nitrogens with zero attached hydrogens (tertiary/aromatic N) is 1. The molecule has 0 saturated heterocycles. The van der Waals surface area contributed by atoms with Crippen molar-refractivity contribution < 1.29 is 14.6 Å². The van der Waals surface area contributed by atoms with Crippen LogP contribution in [0, 0.1) is 6.92 Å². The Hall–Kier alpha value is -3.99. The van der Waals surface area contributed by atoms with E-state index < -0.39 is 0 Å². The standard InChI is InChI=1S/C26H24N2O3/c1-18-25(20-10-12-21(30-2)13-11-20)26(28-27-18)23-15-14-22(17-24(23)29)31-16-6-9-19-7-4-3-5-8-19/h3-15,17,29H,16H2,1-2H3,(H,27,28)/b9-6+. The zero-order valence-electron chi connectivity index (χ0n) is 17.5. The summed E-state index contributed by atoms with van der Waals surface area (Å²) in [6.07, 6.45) is 3.95. The largest absolute Gasteiger partial charge is 0.507 e. The highest BCUT2D eigenvalue weighted by molar-refractivity contribution is 5.85. The van der Waals surface area contributed by atoms with Gasteiger partial charge in [-0.3, -0.25) is 5.10 Å². The number of hydrogen-bond acceptors (Lipinski definition) is 4. The van der Waals surface area contributed by atoms with E-state index in [9.17, 15) is 5.11 Å². The average Bonchev–Trinajstić information content (AvgIpc) is 3.18. The van der Waals surface area contributed by atoms with Gasteiger partial charge in [0, 0.05) is 22.9 Å². The van der Waals surface area contributed by atoms with E-state index in [-0.39, 0.29) is 5.75 Å². The molecule has 1 aromatic heterocycles. The molecule has 0 spiro atoms. The van der Waals surface area contributed by atoms with Crippen LogP contribution in [0.4, 0.5) is 0 Å². The first-order valence-corrected chi connectivity index (χ1v) is 10.0. The fourth-order valence-corrected chi connectivity index (χ4v) is 3.43. The normalized spacial score (nSPS) is 11.0. The third-order valence-electron chi connectivity index (χ3n) is 5.01. The number of ether oxygens (including phenoxy) is 2. The van der Waals surface area contributed by atoms with Gasteiger partial charge in [0.25, 0.3) is 0 Å². The number of aromatic hydroxyl groups is 1. The van der Waals surface area contributed by atoms with Crippen molar-refractivity contribution in [2.45, 2.75) is 6.92 Å². The molecule has 0 saturated carbocycles. The van der Waals surface area contributed by atoms with Crippen molar-refractivity contribution in [1.29, 1.82) is 0 Å². The van der Waals surface area contributed by atoms with Gasteiger partial charge in [0.05, 0.1) is 7.11 Å². The minimum absolute atomic E-state index is 0.116. The summed E-state index contributed by atoms with van der Waals surface area (Å²) in [7, 11) is 1.64. The van der Waals surface area contributed by atoms with Crippen LogP contribution in [0.25, 0.3) is 28.5 Å². The molecule has 5 heteroatoms. The Kier molecular flexibility index (Phi) is 6.03. The van der Waals surface area contributed by atoms with Gasteiger partial charge in [-0.1, -0.05) is 48.5 Å². The quantitative estimate of drug-likeness (QED) is 0.399. The van der Waals surface area contributed by atoms with Crippen molar-refractivity contribution in [2.24, 2.45) is 0 Å². The zero-order chi connectivity index (χ0) is 21.6. The van der Waals surface area contributed by atoms with Gasteiger partial charge < -0.3 is 14.6 Å². The van der Waals surface area contributed by atoms with E-state index in [1.54, 1.807) is 13.2 Å². The molecule has 0 unspecified atom stereocenters. The average molecular weight is 412 g/mol. The number of H-pyrrole nitrogens is 1.